The van der Waals surface area contributed by atoms with E-state index < -0.39 is 5.69 Å². The van der Waals surface area contributed by atoms with Gasteiger partial charge in [0.1, 0.15) is 5.82 Å². The summed E-state index contributed by atoms with van der Waals surface area (Å²) < 4.78 is 1.00. The molecule has 0 aliphatic carbocycles. The number of nitrogens with one attached hydrogen (secondary N) is 1. The molecule has 1 aromatic heterocycles. The molecule has 0 aliphatic rings. The van der Waals surface area contributed by atoms with Gasteiger partial charge in [0.15, 0.2) is 0 Å². The molecule has 0 aliphatic heterocycles. The first-order valence-electron chi connectivity index (χ1n) is 5.00. The third kappa shape index (κ3) is 2.82. The van der Waals surface area contributed by atoms with Crippen molar-refractivity contribution in [1.29, 1.82) is 0 Å². The first-order chi connectivity index (χ1) is 7.41. The number of hydrogen-bond donors (Lipinski definition) is 1. The summed E-state index contributed by atoms with van der Waals surface area (Å²) in [4.78, 5) is 25.3. The van der Waals surface area contributed by atoms with Crippen LogP contribution in [0.15, 0.2) is 20.8 Å². The summed E-state index contributed by atoms with van der Waals surface area (Å²) in [5.74, 6) is 0.686. The molecule has 0 bridgehead atoms. The molecule has 1 N–H and O–H groups in total. The standard InChI is InChI=1S/C10H16N4O2/c1-7(2)6-11-14(4)8-5-9(15)13(3)10(16)12-8/h5-7H,1-4H3,(H,12,16). The summed E-state index contributed by atoms with van der Waals surface area (Å²) >= 11 is 0. The van der Waals surface area contributed by atoms with Crippen molar-refractivity contribution in [1.82, 2.24) is 9.55 Å². The highest BCUT2D eigenvalue weighted by Crippen LogP contribution is 2.02. The predicted octanol–water partition coefficient (Wildman–Crippen LogP) is 0.152. The van der Waals surface area contributed by atoms with Crippen molar-refractivity contribution in [2.75, 3.05) is 12.1 Å². The van der Waals surface area contributed by atoms with Gasteiger partial charge in [0, 0.05) is 26.4 Å². The molecule has 16 heavy (non-hydrogen) atoms. The average Bonchev–Trinajstić information content (AvgIpc) is 2.21. The monoisotopic (exact) mass is 224 g/mol. The van der Waals surface area contributed by atoms with Crippen molar-refractivity contribution in [3.8, 4) is 0 Å². The van der Waals surface area contributed by atoms with E-state index >= 15 is 0 Å². The lowest BCUT2D eigenvalue weighted by Crippen LogP contribution is -2.33. The molecule has 0 unspecified atom stereocenters. The molecular weight excluding hydrogens is 208 g/mol. The predicted molar refractivity (Wildman–Crippen MR) is 64.0 cm³/mol. The van der Waals surface area contributed by atoms with Crippen LogP contribution in [-0.2, 0) is 7.05 Å². The summed E-state index contributed by atoms with van der Waals surface area (Å²) in [5, 5.41) is 5.56. The maximum absolute atomic E-state index is 11.4. The number of aromatic nitrogens is 2. The van der Waals surface area contributed by atoms with Crippen LogP contribution in [0.1, 0.15) is 13.8 Å². The highest BCUT2D eigenvalue weighted by molar-refractivity contribution is 5.61. The molecule has 88 valence electrons. The molecule has 6 heteroatoms. The van der Waals surface area contributed by atoms with Crippen molar-refractivity contribution in [3.05, 3.63) is 26.9 Å². The average molecular weight is 224 g/mol. The Morgan fingerprint density at radius 2 is 2.12 bits per heavy atom. The molecular formula is C10H16N4O2. The first kappa shape index (κ1) is 12.2. The zero-order chi connectivity index (χ0) is 12.3. The summed E-state index contributed by atoms with van der Waals surface area (Å²) in [6, 6.07) is 1.33. The molecule has 0 fully saturated rings. The Hall–Kier alpha value is -1.85. The van der Waals surface area contributed by atoms with Crippen LogP contribution in [0.4, 0.5) is 5.82 Å². The molecule has 0 radical (unpaired) electrons. The van der Waals surface area contributed by atoms with Gasteiger partial charge in [0.25, 0.3) is 5.56 Å². The topological polar surface area (TPSA) is 70.5 Å². The van der Waals surface area contributed by atoms with Gasteiger partial charge >= 0.3 is 5.69 Å². The fourth-order valence-electron chi connectivity index (χ4n) is 1.01. The van der Waals surface area contributed by atoms with Crippen LogP contribution in [0, 0.1) is 5.92 Å². The Morgan fingerprint density at radius 1 is 1.50 bits per heavy atom. The minimum absolute atomic E-state index is 0.306. The van der Waals surface area contributed by atoms with Gasteiger partial charge in [-0.1, -0.05) is 13.8 Å². The van der Waals surface area contributed by atoms with Crippen molar-refractivity contribution in [2.24, 2.45) is 18.1 Å². The largest absolute Gasteiger partial charge is 0.329 e. The number of rotatable bonds is 3. The quantitative estimate of drug-likeness (QED) is 0.587. The van der Waals surface area contributed by atoms with Gasteiger partial charge in [-0.2, -0.15) is 5.10 Å². The van der Waals surface area contributed by atoms with Gasteiger partial charge in [0.2, 0.25) is 0 Å². The molecule has 0 amide bonds. The number of hydrazone groups is 1. The van der Waals surface area contributed by atoms with E-state index in [2.05, 4.69) is 10.1 Å². The molecule has 0 atom stereocenters. The molecule has 1 rings (SSSR count). The number of aromatic amines is 1. The van der Waals surface area contributed by atoms with Gasteiger partial charge in [-0.25, -0.2) is 4.79 Å². The Bertz CT molecular complexity index is 467. The normalized spacial score (nSPS) is 11.3. The lowest BCUT2D eigenvalue weighted by Gasteiger charge is -2.12. The smallest absolute Gasteiger partial charge is 0.292 e. The minimum Gasteiger partial charge on any atom is -0.292 e. The van der Waals surface area contributed by atoms with Crippen molar-refractivity contribution < 1.29 is 0 Å². The van der Waals surface area contributed by atoms with Gasteiger partial charge in [-0.05, 0) is 5.92 Å². The fraction of sp³-hybridized carbons (Fsp3) is 0.500. The van der Waals surface area contributed by atoms with Crippen LogP contribution in [-0.4, -0.2) is 22.8 Å². The van der Waals surface area contributed by atoms with E-state index in [0.29, 0.717) is 11.7 Å². The Kier molecular flexibility index (Phi) is 3.65. The third-order valence-electron chi connectivity index (χ3n) is 2.02. The molecule has 0 saturated carbocycles. The summed E-state index contributed by atoms with van der Waals surface area (Å²) in [5.41, 5.74) is -0.806. The first-order valence-corrected chi connectivity index (χ1v) is 5.00. The van der Waals surface area contributed by atoms with Gasteiger partial charge in [0.05, 0.1) is 0 Å². The van der Waals surface area contributed by atoms with Crippen LogP contribution in [0.2, 0.25) is 0 Å². The van der Waals surface area contributed by atoms with E-state index in [1.807, 2.05) is 13.8 Å². The Morgan fingerprint density at radius 3 is 2.62 bits per heavy atom. The van der Waals surface area contributed by atoms with Gasteiger partial charge in [-0.15, -0.1) is 0 Å². The SMILES string of the molecule is CC(C)C=NN(C)c1cc(=O)n(C)c(=O)[nH]1. The van der Waals surface area contributed by atoms with Crippen LogP contribution in [0.3, 0.4) is 0 Å². The second-order valence-corrected chi connectivity index (χ2v) is 3.89. The molecule has 1 aromatic rings. The molecule has 0 saturated heterocycles. The molecule has 1 heterocycles. The van der Waals surface area contributed by atoms with Crippen molar-refractivity contribution in [2.45, 2.75) is 13.8 Å². The van der Waals surface area contributed by atoms with E-state index in [1.54, 1.807) is 13.3 Å². The van der Waals surface area contributed by atoms with Crippen LogP contribution in [0.5, 0.6) is 0 Å². The second-order valence-electron chi connectivity index (χ2n) is 3.89. The van der Waals surface area contributed by atoms with E-state index in [1.165, 1.54) is 18.1 Å². The fourth-order valence-corrected chi connectivity index (χ4v) is 1.01. The van der Waals surface area contributed by atoms with Crippen LogP contribution < -0.4 is 16.3 Å². The highest BCUT2D eigenvalue weighted by Gasteiger charge is 2.03. The Labute approximate surface area is 93.2 Å². The van der Waals surface area contributed by atoms with Crippen LogP contribution >= 0.6 is 0 Å². The molecule has 0 aromatic carbocycles. The summed E-state index contributed by atoms with van der Waals surface area (Å²) in [6.45, 7) is 3.98. The number of anilines is 1. The number of nitrogens with zero attached hydrogens (tertiary/aromatic N) is 3. The maximum Gasteiger partial charge on any atom is 0.329 e. The zero-order valence-corrected chi connectivity index (χ0v) is 9.89. The van der Waals surface area contributed by atoms with Gasteiger partial charge < -0.3 is 0 Å². The number of hydrogen-bond acceptors (Lipinski definition) is 4. The summed E-state index contributed by atoms with van der Waals surface area (Å²) in [6.07, 6.45) is 1.73. The van der Waals surface area contributed by atoms with Crippen molar-refractivity contribution >= 4 is 12.0 Å². The summed E-state index contributed by atoms with van der Waals surface area (Å²) in [7, 11) is 3.09. The van der Waals surface area contributed by atoms with Gasteiger partial charge in [-0.3, -0.25) is 19.4 Å². The maximum atomic E-state index is 11.4. The molecule has 6 nitrogen and oxygen atoms in total. The highest BCUT2D eigenvalue weighted by atomic mass is 16.2. The lowest BCUT2D eigenvalue weighted by molar-refractivity contribution is 0.765. The number of H-pyrrole nitrogens is 1. The Balaban J connectivity index is 3.06. The lowest BCUT2D eigenvalue weighted by atomic mass is 10.3. The zero-order valence-electron chi connectivity index (χ0n) is 9.89. The molecule has 0 spiro atoms. The minimum atomic E-state index is -0.450. The van der Waals surface area contributed by atoms with E-state index in [4.69, 9.17) is 0 Å². The van der Waals surface area contributed by atoms with E-state index in [9.17, 15) is 9.59 Å². The second kappa shape index (κ2) is 4.78. The van der Waals surface area contributed by atoms with Crippen molar-refractivity contribution in [3.63, 3.8) is 0 Å². The van der Waals surface area contributed by atoms with E-state index in [0.717, 1.165) is 4.57 Å². The van der Waals surface area contributed by atoms with Crippen LogP contribution in [0.25, 0.3) is 0 Å². The van der Waals surface area contributed by atoms with E-state index in [-0.39, 0.29) is 5.56 Å². The third-order valence-corrected chi connectivity index (χ3v) is 2.02.